The quantitative estimate of drug-likeness (QED) is 0.907. The van der Waals surface area contributed by atoms with E-state index < -0.39 is 0 Å². The molecular formula is C17H20N2O. The summed E-state index contributed by atoms with van der Waals surface area (Å²) in [6.45, 7) is 0.886. The molecule has 1 fully saturated rings. The van der Waals surface area contributed by atoms with E-state index in [1.807, 2.05) is 35.4 Å². The monoisotopic (exact) mass is 268 g/mol. The summed E-state index contributed by atoms with van der Waals surface area (Å²) >= 11 is 0. The molecule has 1 aromatic carbocycles. The summed E-state index contributed by atoms with van der Waals surface area (Å²) in [5.41, 5.74) is 2.40. The van der Waals surface area contributed by atoms with Crippen molar-refractivity contribution in [1.82, 2.24) is 9.88 Å². The van der Waals surface area contributed by atoms with Crippen molar-refractivity contribution in [1.29, 1.82) is 0 Å². The van der Waals surface area contributed by atoms with Gasteiger partial charge in [-0.3, -0.25) is 4.79 Å². The van der Waals surface area contributed by atoms with Gasteiger partial charge in [0.25, 0.3) is 0 Å². The average Bonchev–Trinajstić information content (AvgIpc) is 3.15. The molecule has 3 nitrogen and oxygen atoms in total. The fourth-order valence-electron chi connectivity index (χ4n) is 2.98. The predicted octanol–water partition coefficient (Wildman–Crippen LogP) is 3.31. The smallest absolute Gasteiger partial charge is 0.223 e. The number of aromatic amines is 1. The molecule has 1 unspecified atom stereocenters. The van der Waals surface area contributed by atoms with E-state index in [-0.39, 0.29) is 11.9 Å². The number of hydrogen-bond acceptors (Lipinski definition) is 1. The number of aromatic nitrogens is 1. The molecule has 0 saturated carbocycles. The second-order valence-corrected chi connectivity index (χ2v) is 5.36. The highest BCUT2D eigenvalue weighted by molar-refractivity contribution is 5.77. The Labute approximate surface area is 119 Å². The number of benzene rings is 1. The summed E-state index contributed by atoms with van der Waals surface area (Å²) in [5.74, 6) is 0.269. The number of carbonyl (C=O) groups is 1. The summed E-state index contributed by atoms with van der Waals surface area (Å²) in [5, 5.41) is 0. The first kappa shape index (κ1) is 13.0. The first-order chi connectivity index (χ1) is 9.84. The normalized spacial score (nSPS) is 18.4. The molecule has 0 aliphatic carbocycles. The van der Waals surface area contributed by atoms with Crippen molar-refractivity contribution in [2.24, 2.45) is 0 Å². The lowest BCUT2D eigenvalue weighted by Crippen LogP contribution is -2.30. The SMILES string of the molecule is O=C(CCc1ccccc1)N1CCCC1c1ccc[nH]1. The molecule has 1 atom stereocenters. The van der Waals surface area contributed by atoms with Gasteiger partial charge >= 0.3 is 0 Å². The van der Waals surface area contributed by atoms with Crippen LogP contribution in [0, 0.1) is 0 Å². The van der Waals surface area contributed by atoms with E-state index in [4.69, 9.17) is 0 Å². The molecule has 1 saturated heterocycles. The van der Waals surface area contributed by atoms with Crippen molar-refractivity contribution in [3.63, 3.8) is 0 Å². The first-order valence-corrected chi connectivity index (χ1v) is 7.31. The lowest BCUT2D eigenvalue weighted by molar-refractivity contribution is -0.132. The Balaban J connectivity index is 1.62. The molecule has 1 aliphatic heterocycles. The van der Waals surface area contributed by atoms with Gasteiger partial charge in [0.05, 0.1) is 6.04 Å². The molecule has 2 aromatic rings. The number of H-pyrrole nitrogens is 1. The number of nitrogens with zero attached hydrogens (tertiary/aromatic N) is 1. The molecule has 3 heteroatoms. The van der Waals surface area contributed by atoms with Crippen LogP contribution in [-0.4, -0.2) is 22.3 Å². The summed E-state index contributed by atoms with van der Waals surface area (Å²) in [4.78, 5) is 17.7. The highest BCUT2D eigenvalue weighted by Gasteiger charge is 2.29. The third-order valence-corrected chi connectivity index (χ3v) is 4.02. The topological polar surface area (TPSA) is 36.1 Å². The summed E-state index contributed by atoms with van der Waals surface area (Å²) in [7, 11) is 0. The lowest BCUT2D eigenvalue weighted by Gasteiger charge is -2.24. The second-order valence-electron chi connectivity index (χ2n) is 5.36. The Hall–Kier alpha value is -2.03. The van der Waals surface area contributed by atoms with Crippen LogP contribution >= 0.6 is 0 Å². The minimum atomic E-state index is 0.244. The van der Waals surface area contributed by atoms with E-state index in [0.29, 0.717) is 6.42 Å². The molecule has 1 aromatic heterocycles. The zero-order chi connectivity index (χ0) is 13.8. The van der Waals surface area contributed by atoms with Crippen LogP contribution in [0.4, 0.5) is 0 Å². The van der Waals surface area contributed by atoms with E-state index in [0.717, 1.165) is 31.5 Å². The van der Waals surface area contributed by atoms with Crippen LogP contribution in [0.2, 0.25) is 0 Å². The van der Waals surface area contributed by atoms with E-state index in [2.05, 4.69) is 23.2 Å². The van der Waals surface area contributed by atoms with Gasteiger partial charge in [0.2, 0.25) is 5.91 Å². The molecule has 20 heavy (non-hydrogen) atoms. The van der Waals surface area contributed by atoms with Crippen LogP contribution in [0.3, 0.4) is 0 Å². The van der Waals surface area contributed by atoms with Gasteiger partial charge in [-0.15, -0.1) is 0 Å². The van der Waals surface area contributed by atoms with E-state index in [1.54, 1.807) is 0 Å². The number of aryl methyl sites for hydroxylation is 1. The molecule has 3 rings (SSSR count). The molecule has 1 aliphatic rings. The van der Waals surface area contributed by atoms with Crippen LogP contribution in [-0.2, 0) is 11.2 Å². The van der Waals surface area contributed by atoms with E-state index >= 15 is 0 Å². The first-order valence-electron chi connectivity index (χ1n) is 7.31. The van der Waals surface area contributed by atoms with Crippen molar-refractivity contribution in [2.45, 2.75) is 31.7 Å². The van der Waals surface area contributed by atoms with E-state index in [1.165, 1.54) is 5.56 Å². The van der Waals surface area contributed by atoms with Crippen molar-refractivity contribution in [3.8, 4) is 0 Å². The van der Waals surface area contributed by atoms with Gasteiger partial charge in [-0.25, -0.2) is 0 Å². The third kappa shape index (κ3) is 2.77. The molecule has 0 radical (unpaired) electrons. The number of hydrogen-bond donors (Lipinski definition) is 1. The number of nitrogens with one attached hydrogen (secondary N) is 1. The average molecular weight is 268 g/mol. The van der Waals surface area contributed by atoms with Crippen LogP contribution in [0.1, 0.15) is 36.6 Å². The van der Waals surface area contributed by atoms with Crippen molar-refractivity contribution >= 4 is 5.91 Å². The number of carbonyl (C=O) groups excluding carboxylic acids is 1. The van der Waals surface area contributed by atoms with Gasteiger partial charge in [0.15, 0.2) is 0 Å². The lowest BCUT2D eigenvalue weighted by atomic mass is 10.1. The largest absolute Gasteiger partial charge is 0.363 e. The Morgan fingerprint density at radius 1 is 1.20 bits per heavy atom. The Morgan fingerprint density at radius 2 is 2.05 bits per heavy atom. The minimum absolute atomic E-state index is 0.244. The number of likely N-dealkylation sites (tertiary alicyclic amines) is 1. The van der Waals surface area contributed by atoms with Gasteiger partial charge in [0, 0.05) is 24.9 Å². The maximum absolute atomic E-state index is 12.4. The van der Waals surface area contributed by atoms with Gasteiger partial charge in [-0.1, -0.05) is 30.3 Å². The molecule has 104 valence electrons. The molecular weight excluding hydrogens is 248 g/mol. The summed E-state index contributed by atoms with van der Waals surface area (Å²) in [6, 6.07) is 14.5. The zero-order valence-electron chi connectivity index (χ0n) is 11.6. The molecule has 0 bridgehead atoms. The zero-order valence-corrected chi connectivity index (χ0v) is 11.6. The Bertz CT molecular complexity index is 548. The van der Waals surface area contributed by atoms with E-state index in [9.17, 15) is 4.79 Å². The van der Waals surface area contributed by atoms with Crippen LogP contribution in [0.25, 0.3) is 0 Å². The fraction of sp³-hybridized carbons (Fsp3) is 0.353. The molecule has 1 N–H and O–H groups in total. The second kappa shape index (κ2) is 5.95. The Kier molecular flexibility index (Phi) is 3.86. The highest BCUT2D eigenvalue weighted by Crippen LogP contribution is 2.31. The minimum Gasteiger partial charge on any atom is -0.363 e. The summed E-state index contributed by atoms with van der Waals surface area (Å²) < 4.78 is 0. The van der Waals surface area contributed by atoms with Crippen molar-refractivity contribution in [2.75, 3.05) is 6.54 Å². The number of amides is 1. The maximum atomic E-state index is 12.4. The van der Waals surface area contributed by atoms with Gasteiger partial charge < -0.3 is 9.88 Å². The van der Waals surface area contributed by atoms with Crippen molar-refractivity contribution < 1.29 is 4.79 Å². The van der Waals surface area contributed by atoms with Crippen LogP contribution in [0.5, 0.6) is 0 Å². The van der Waals surface area contributed by atoms with Gasteiger partial charge in [0.1, 0.15) is 0 Å². The van der Waals surface area contributed by atoms with Gasteiger partial charge in [-0.05, 0) is 37.0 Å². The Morgan fingerprint density at radius 3 is 2.80 bits per heavy atom. The third-order valence-electron chi connectivity index (χ3n) is 4.02. The van der Waals surface area contributed by atoms with Crippen LogP contribution < -0.4 is 0 Å². The highest BCUT2D eigenvalue weighted by atomic mass is 16.2. The van der Waals surface area contributed by atoms with Gasteiger partial charge in [-0.2, -0.15) is 0 Å². The maximum Gasteiger partial charge on any atom is 0.223 e. The van der Waals surface area contributed by atoms with Crippen LogP contribution in [0.15, 0.2) is 48.7 Å². The predicted molar refractivity (Wildman–Crippen MR) is 79.2 cm³/mol. The standard InChI is InChI=1S/C17H20N2O/c20-17(11-10-14-6-2-1-3-7-14)19-13-5-9-16(19)15-8-4-12-18-15/h1-4,6-8,12,16,18H,5,9-11,13H2. The summed E-state index contributed by atoms with van der Waals surface area (Å²) in [6.07, 6.45) is 5.52. The fourth-order valence-corrected chi connectivity index (χ4v) is 2.98. The molecule has 0 spiro atoms. The van der Waals surface area contributed by atoms with Crippen molar-refractivity contribution in [3.05, 3.63) is 59.9 Å². The molecule has 2 heterocycles. The number of rotatable bonds is 4. The molecule has 1 amide bonds.